The van der Waals surface area contributed by atoms with Crippen molar-refractivity contribution in [1.82, 2.24) is 15.0 Å². The molecular weight excluding hydrogens is 420 g/mol. The van der Waals surface area contributed by atoms with Gasteiger partial charge in [0.25, 0.3) is 11.7 Å². The van der Waals surface area contributed by atoms with E-state index in [1.54, 1.807) is 27.8 Å². The quantitative estimate of drug-likeness (QED) is 0.530. The molecule has 1 aromatic heterocycles. The van der Waals surface area contributed by atoms with Crippen LogP contribution in [0.2, 0.25) is 0 Å². The Morgan fingerprint density at radius 1 is 0.833 bits per heavy atom. The molecule has 0 atom stereocenters. The third-order valence-electron chi connectivity index (χ3n) is 4.70. The van der Waals surface area contributed by atoms with Crippen molar-refractivity contribution >= 4 is 17.4 Å². The van der Waals surface area contributed by atoms with Crippen LogP contribution in [-0.2, 0) is 28.4 Å². The van der Waals surface area contributed by atoms with Crippen molar-refractivity contribution < 1.29 is 26.7 Å². The summed E-state index contributed by atoms with van der Waals surface area (Å²) < 4.78 is 1.76. The Bertz CT molecular complexity index is 849. The smallest absolute Gasteiger partial charge is 0.305 e. The number of rotatable bonds is 5. The van der Waals surface area contributed by atoms with Gasteiger partial charge in [0.15, 0.2) is 0 Å². The van der Waals surface area contributed by atoms with Crippen molar-refractivity contribution in [2.75, 3.05) is 11.4 Å². The molecule has 150 valence electrons. The first-order valence-electron chi connectivity index (χ1n) is 9.48. The number of hydrogen-bond donors (Lipinski definition) is 0. The molecule has 2 fully saturated rings. The number of benzene rings is 1. The van der Waals surface area contributed by atoms with Crippen LogP contribution in [0, 0.1) is 63.7 Å². The summed E-state index contributed by atoms with van der Waals surface area (Å²) in [5, 5.41) is 8.26. The van der Waals surface area contributed by atoms with Gasteiger partial charge in [0.1, 0.15) is 0 Å². The zero-order chi connectivity index (χ0) is 20.1. The molecular formula is C23H20FeN4O2+2. The number of para-hydroxylation sites is 1. The number of anilines is 1. The molecule has 5 rings (SSSR count). The van der Waals surface area contributed by atoms with Crippen molar-refractivity contribution in [3.8, 4) is 0 Å². The number of nitrogens with zero attached hydrogens (tertiary/aromatic N) is 4. The number of carbonyl (C=O) groups excluding carboxylic acids is 2. The molecule has 6 nitrogen and oxygen atoms in total. The van der Waals surface area contributed by atoms with E-state index in [-0.39, 0.29) is 17.1 Å². The minimum Gasteiger partial charge on any atom is -0.305 e. The van der Waals surface area contributed by atoms with Crippen LogP contribution < -0.4 is 4.90 Å². The predicted octanol–water partition coefficient (Wildman–Crippen LogP) is 2.67. The number of carbonyl (C=O) groups is 2. The van der Waals surface area contributed by atoms with Crippen molar-refractivity contribution in [3.05, 3.63) is 105 Å². The standard InChI is InChI=1S/C18H15N4O2.C5H5.Fe/c23-17-14-8-3-4-9-16(14)22(18(17)24)11-5-10-21-12-15(19-20-21)13-6-1-2-7-13;1-2-4-5-3-1;/h1-4,6-9,12H,5,10-11H2;1-5H;/q;;+2. The second-order valence-electron chi connectivity index (χ2n) is 6.66. The van der Waals surface area contributed by atoms with Crippen LogP contribution in [0.3, 0.4) is 0 Å². The largest absolute Gasteiger partial charge is 2.00 e. The minimum absolute atomic E-state index is 0. The molecule has 1 amide bonds. The second-order valence-corrected chi connectivity index (χ2v) is 6.66. The molecule has 30 heavy (non-hydrogen) atoms. The number of aromatic nitrogens is 3. The molecule has 2 saturated carbocycles. The number of hydrogen-bond acceptors (Lipinski definition) is 4. The third-order valence-corrected chi connectivity index (χ3v) is 4.70. The summed E-state index contributed by atoms with van der Waals surface area (Å²) in [7, 11) is 0. The van der Waals surface area contributed by atoms with Gasteiger partial charge in [0.2, 0.25) is 0 Å². The Labute approximate surface area is 188 Å². The summed E-state index contributed by atoms with van der Waals surface area (Å²) in [5.74, 6) is 0.160. The molecule has 7 heteroatoms. The first-order valence-corrected chi connectivity index (χ1v) is 9.48. The molecule has 0 saturated heterocycles. The summed E-state index contributed by atoms with van der Waals surface area (Å²) in [5.41, 5.74) is 2.02. The van der Waals surface area contributed by atoms with Crippen molar-refractivity contribution in [2.24, 2.45) is 0 Å². The first-order chi connectivity index (χ1) is 14.2. The van der Waals surface area contributed by atoms with Gasteiger partial charge in [0, 0.05) is 25.2 Å². The fourth-order valence-corrected chi connectivity index (χ4v) is 3.27. The predicted molar refractivity (Wildman–Crippen MR) is 109 cm³/mol. The number of amides is 1. The minimum atomic E-state index is -0.452. The van der Waals surface area contributed by atoms with E-state index in [9.17, 15) is 9.59 Å². The molecule has 1 aromatic carbocycles. The normalized spacial score (nSPS) is 18.2. The van der Waals surface area contributed by atoms with Crippen molar-refractivity contribution in [2.45, 2.75) is 13.0 Å². The Balaban J connectivity index is 0.000000376. The topological polar surface area (TPSA) is 68.1 Å². The van der Waals surface area contributed by atoms with E-state index in [1.807, 2.05) is 70.1 Å². The first kappa shape index (κ1) is 22.7. The maximum absolute atomic E-state index is 12.1. The number of ketones is 1. The van der Waals surface area contributed by atoms with Crippen LogP contribution in [0.25, 0.3) is 0 Å². The zero-order valence-electron chi connectivity index (χ0n) is 16.2. The van der Waals surface area contributed by atoms with Gasteiger partial charge in [-0.1, -0.05) is 17.3 Å². The summed E-state index contributed by atoms with van der Waals surface area (Å²) >= 11 is 0. The van der Waals surface area contributed by atoms with Crippen LogP contribution in [0.4, 0.5) is 5.69 Å². The van der Waals surface area contributed by atoms with E-state index in [1.165, 1.54) is 0 Å². The maximum atomic E-state index is 12.1. The van der Waals surface area contributed by atoms with Crippen molar-refractivity contribution in [1.29, 1.82) is 0 Å². The average molecular weight is 440 g/mol. The van der Waals surface area contributed by atoms with Gasteiger partial charge in [-0.2, -0.15) is 0 Å². The van der Waals surface area contributed by atoms with Crippen molar-refractivity contribution in [3.63, 3.8) is 0 Å². The van der Waals surface area contributed by atoms with E-state index >= 15 is 0 Å². The fourth-order valence-electron chi connectivity index (χ4n) is 3.27. The molecule has 10 radical (unpaired) electrons. The van der Waals surface area contributed by atoms with Gasteiger partial charge in [0.05, 0.1) is 16.9 Å². The van der Waals surface area contributed by atoms with E-state index < -0.39 is 11.7 Å². The summed E-state index contributed by atoms with van der Waals surface area (Å²) in [6.07, 6.45) is 20.5. The Kier molecular flexibility index (Phi) is 8.23. The maximum Gasteiger partial charge on any atom is 2.00 e. The number of fused-ring (bicyclic) bond motifs is 1. The van der Waals surface area contributed by atoms with E-state index in [4.69, 9.17) is 0 Å². The third kappa shape index (κ3) is 5.19. The van der Waals surface area contributed by atoms with Crippen LogP contribution >= 0.6 is 0 Å². The molecule has 3 aliphatic rings. The van der Waals surface area contributed by atoms with E-state index in [0.29, 0.717) is 30.8 Å². The molecule has 2 heterocycles. The van der Waals surface area contributed by atoms with Gasteiger partial charge in [-0.25, -0.2) is 0 Å². The van der Waals surface area contributed by atoms with Gasteiger partial charge >= 0.3 is 17.1 Å². The zero-order valence-corrected chi connectivity index (χ0v) is 17.3. The molecule has 1 aliphatic heterocycles. The monoisotopic (exact) mass is 440 g/mol. The molecule has 2 aromatic rings. The van der Waals surface area contributed by atoms with Gasteiger partial charge < -0.3 is 4.90 Å². The van der Waals surface area contributed by atoms with Crippen LogP contribution in [0.1, 0.15) is 22.5 Å². The van der Waals surface area contributed by atoms with Gasteiger partial charge in [-0.05, 0) is 76.3 Å². The summed E-state index contributed by atoms with van der Waals surface area (Å²) in [6, 6.07) is 7.11. The Morgan fingerprint density at radius 2 is 1.50 bits per heavy atom. The summed E-state index contributed by atoms with van der Waals surface area (Å²) in [4.78, 5) is 25.6. The number of Topliss-reactive ketones (excluding diaryl/α,β-unsaturated/α-hetero) is 1. The number of aryl methyl sites for hydroxylation is 1. The van der Waals surface area contributed by atoms with Crippen LogP contribution in [0.15, 0.2) is 30.5 Å². The Morgan fingerprint density at radius 3 is 2.20 bits per heavy atom. The van der Waals surface area contributed by atoms with E-state index in [0.717, 1.165) is 11.6 Å². The fraction of sp³-hybridized carbons (Fsp3) is 0.130. The Hall–Kier alpha value is -1.98. The van der Waals surface area contributed by atoms with Gasteiger partial charge in [-0.15, -0.1) is 5.10 Å². The molecule has 0 unspecified atom stereocenters. The molecule has 0 spiro atoms. The summed E-state index contributed by atoms with van der Waals surface area (Å²) in [6.45, 7) is 1.11. The second kappa shape index (κ2) is 10.9. The van der Waals surface area contributed by atoms with Crippen LogP contribution in [0.5, 0.6) is 0 Å². The van der Waals surface area contributed by atoms with Gasteiger partial charge in [-0.3, -0.25) is 14.3 Å². The molecule has 0 bridgehead atoms. The van der Waals surface area contributed by atoms with Crippen LogP contribution in [-0.4, -0.2) is 33.2 Å². The molecule has 2 aliphatic carbocycles. The average Bonchev–Trinajstić information content (AvgIpc) is 3.54. The SMILES string of the molecule is O=C1C(=O)N(CCCn2cc([C]3[CH][CH][CH][CH]3)nn2)c2ccccc21.[CH]1[CH][CH][CH][CH]1.[Fe+2]. The van der Waals surface area contributed by atoms with E-state index in [2.05, 4.69) is 10.3 Å². The molecule has 0 N–H and O–H groups in total.